The summed E-state index contributed by atoms with van der Waals surface area (Å²) in [6, 6.07) is 8.15. The lowest BCUT2D eigenvalue weighted by molar-refractivity contribution is 0.0797. The van der Waals surface area contributed by atoms with E-state index < -0.39 is 0 Å². The molecule has 0 radical (unpaired) electrons. The molecule has 3 aliphatic rings. The van der Waals surface area contributed by atoms with E-state index in [-0.39, 0.29) is 11.7 Å². The first-order chi connectivity index (χ1) is 15.1. The van der Waals surface area contributed by atoms with Crippen molar-refractivity contribution < 1.29 is 9.18 Å². The Balaban J connectivity index is 1.29. The van der Waals surface area contributed by atoms with Gasteiger partial charge >= 0.3 is 0 Å². The second-order valence-corrected chi connectivity index (χ2v) is 10.7. The molecule has 2 saturated heterocycles. The molecule has 0 bridgehead atoms. The lowest BCUT2D eigenvalue weighted by Crippen LogP contribution is -2.39. The van der Waals surface area contributed by atoms with Crippen LogP contribution in [0.25, 0.3) is 10.4 Å². The fourth-order valence-electron chi connectivity index (χ4n) is 5.58. The van der Waals surface area contributed by atoms with Crippen molar-refractivity contribution in [2.24, 2.45) is 0 Å². The van der Waals surface area contributed by atoms with Crippen LogP contribution in [-0.2, 0) is 0 Å². The Labute approximate surface area is 193 Å². The monoisotopic (exact) mass is 460 g/mol. The molecule has 166 valence electrons. The molecule has 3 nitrogen and oxygen atoms in total. The number of hydrogen-bond donors (Lipinski definition) is 0. The van der Waals surface area contributed by atoms with Gasteiger partial charge in [-0.05, 0) is 80.8 Å². The molecule has 1 saturated carbocycles. The average Bonchev–Trinajstić information content (AvgIpc) is 3.55. The SMILES string of the molecule is O=C(c1sc(-c2ccc(C3CCN(C4CCCC4)CC3)c(F)c2)cc1Cl)N1CCCC1. The first kappa shape index (κ1) is 21.4. The van der Waals surface area contributed by atoms with E-state index in [1.54, 1.807) is 6.07 Å². The molecule has 2 aromatic rings. The molecule has 0 atom stereocenters. The smallest absolute Gasteiger partial charge is 0.265 e. The minimum atomic E-state index is -0.131. The van der Waals surface area contributed by atoms with E-state index in [2.05, 4.69) is 4.90 Å². The first-order valence-electron chi connectivity index (χ1n) is 11.7. The summed E-state index contributed by atoms with van der Waals surface area (Å²) in [5.74, 6) is 0.171. The molecule has 0 spiro atoms. The Bertz CT molecular complexity index is 941. The van der Waals surface area contributed by atoms with Gasteiger partial charge in [0.15, 0.2) is 0 Å². The minimum absolute atomic E-state index is 0.00450. The lowest BCUT2D eigenvalue weighted by atomic mass is 9.88. The van der Waals surface area contributed by atoms with Gasteiger partial charge in [0.25, 0.3) is 5.91 Å². The highest BCUT2D eigenvalue weighted by atomic mass is 35.5. The highest BCUT2D eigenvalue weighted by molar-refractivity contribution is 7.18. The van der Waals surface area contributed by atoms with Gasteiger partial charge < -0.3 is 9.80 Å². The van der Waals surface area contributed by atoms with Gasteiger partial charge in [0.1, 0.15) is 10.7 Å². The molecule has 3 fully saturated rings. The molecule has 1 aliphatic carbocycles. The summed E-state index contributed by atoms with van der Waals surface area (Å²) in [5.41, 5.74) is 1.64. The Kier molecular flexibility index (Phi) is 6.36. The molecule has 1 aromatic heterocycles. The molecule has 2 aliphatic heterocycles. The third-order valence-corrected chi connectivity index (χ3v) is 8.95. The van der Waals surface area contributed by atoms with Crippen molar-refractivity contribution in [1.82, 2.24) is 9.80 Å². The summed E-state index contributed by atoms with van der Waals surface area (Å²) in [7, 11) is 0. The van der Waals surface area contributed by atoms with Crippen molar-refractivity contribution in [2.45, 2.75) is 63.3 Å². The quantitative estimate of drug-likeness (QED) is 0.515. The van der Waals surface area contributed by atoms with Crippen molar-refractivity contribution >= 4 is 28.8 Å². The standard InChI is InChI=1S/C25H30ClFN2OS/c26-21-16-23(31-24(21)25(30)29-11-3-4-12-29)18-7-8-20(22(27)15-18)17-9-13-28(14-10-17)19-5-1-2-6-19/h7-8,15-17,19H,1-6,9-14H2. The zero-order chi connectivity index (χ0) is 21.4. The Morgan fingerprint density at radius 2 is 1.68 bits per heavy atom. The normalized spacial score (nSPS) is 21.3. The maximum absolute atomic E-state index is 15.1. The third-order valence-electron chi connectivity index (χ3n) is 7.37. The molecule has 0 N–H and O–H groups in total. The number of carbonyl (C=O) groups excluding carboxylic acids is 1. The Hall–Kier alpha value is -1.43. The number of nitrogens with zero attached hydrogens (tertiary/aromatic N) is 2. The van der Waals surface area contributed by atoms with Crippen LogP contribution in [-0.4, -0.2) is 47.9 Å². The van der Waals surface area contributed by atoms with Gasteiger partial charge in [0, 0.05) is 24.0 Å². The molecule has 6 heteroatoms. The van der Waals surface area contributed by atoms with Crippen molar-refractivity contribution in [3.05, 3.63) is 45.5 Å². The molecular weight excluding hydrogens is 431 g/mol. The molecule has 1 amide bonds. The van der Waals surface area contributed by atoms with Crippen molar-refractivity contribution in [1.29, 1.82) is 0 Å². The summed E-state index contributed by atoms with van der Waals surface area (Å²) in [6.07, 6.45) is 9.55. The Morgan fingerprint density at radius 3 is 2.35 bits per heavy atom. The number of likely N-dealkylation sites (tertiary alicyclic amines) is 2. The number of thiophene rings is 1. The largest absolute Gasteiger partial charge is 0.338 e. The van der Waals surface area contributed by atoms with E-state index in [0.717, 1.165) is 73.9 Å². The van der Waals surface area contributed by atoms with Gasteiger partial charge in [0.05, 0.1) is 5.02 Å². The van der Waals surface area contributed by atoms with Crippen LogP contribution in [0.3, 0.4) is 0 Å². The van der Waals surface area contributed by atoms with Crippen molar-refractivity contribution in [3.63, 3.8) is 0 Å². The number of halogens is 2. The average molecular weight is 461 g/mol. The molecule has 0 unspecified atom stereocenters. The second kappa shape index (κ2) is 9.21. The van der Waals surface area contributed by atoms with Crippen LogP contribution >= 0.6 is 22.9 Å². The van der Waals surface area contributed by atoms with Gasteiger partial charge in [0.2, 0.25) is 0 Å². The van der Waals surface area contributed by atoms with E-state index in [1.165, 1.54) is 37.0 Å². The van der Waals surface area contributed by atoms with Crippen LogP contribution in [0, 0.1) is 5.82 Å². The van der Waals surface area contributed by atoms with Crippen molar-refractivity contribution in [3.8, 4) is 10.4 Å². The van der Waals surface area contributed by atoms with Crippen molar-refractivity contribution in [2.75, 3.05) is 26.2 Å². The van der Waals surface area contributed by atoms with E-state index >= 15 is 4.39 Å². The topological polar surface area (TPSA) is 23.6 Å². The van der Waals surface area contributed by atoms with E-state index in [0.29, 0.717) is 15.8 Å². The third kappa shape index (κ3) is 4.42. The molecule has 1 aromatic carbocycles. The van der Waals surface area contributed by atoms with Crippen LogP contribution in [0.2, 0.25) is 5.02 Å². The maximum Gasteiger partial charge on any atom is 0.265 e. The van der Waals surface area contributed by atoms with Crippen LogP contribution in [0.15, 0.2) is 24.3 Å². The molecule has 3 heterocycles. The van der Waals surface area contributed by atoms with E-state index in [9.17, 15) is 4.79 Å². The zero-order valence-corrected chi connectivity index (χ0v) is 19.5. The summed E-state index contributed by atoms with van der Waals surface area (Å²) in [6.45, 7) is 3.76. The van der Waals surface area contributed by atoms with E-state index in [4.69, 9.17) is 11.6 Å². The lowest BCUT2D eigenvalue weighted by Gasteiger charge is -2.36. The minimum Gasteiger partial charge on any atom is -0.338 e. The zero-order valence-electron chi connectivity index (χ0n) is 17.9. The summed E-state index contributed by atoms with van der Waals surface area (Å²) >= 11 is 7.77. The van der Waals surface area contributed by atoms with Gasteiger partial charge in [-0.2, -0.15) is 0 Å². The number of carbonyl (C=O) groups is 1. The summed E-state index contributed by atoms with van der Waals surface area (Å²) in [4.78, 5) is 18.7. The maximum atomic E-state index is 15.1. The van der Waals surface area contributed by atoms with Crippen LogP contribution in [0.5, 0.6) is 0 Å². The van der Waals surface area contributed by atoms with Crippen LogP contribution < -0.4 is 0 Å². The van der Waals surface area contributed by atoms with Gasteiger partial charge in [-0.25, -0.2) is 4.39 Å². The molecular formula is C25H30ClFN2OS. The van der Waals surface area contributed by atoms with Gasteiger partial charge in [-0.15, -0.1) is 11.3 Å². The highest BCUT2D eigenvalue weighted by Gasteiger charge is 2.29. The molecule has 31 heavy (non-hydrogen) atoms. The van der Waals surface area contributed by atoms with Crippen LogP contribution in [0.1, 0.15) is 72.5 Å². The number of rotatable bonds is 4. The summed E-state index contributed by atoms with van der Waals surface area (Å²) < 4.78 is 15.1. The fraction of sp³-hybridized carbons (Fsp3) is 0.560. The first-order valence-corrected chi connectivity index (χ1v) is 12.9. The predicted molar refractivity (Wildman–Crippen MR) is 126 cm³/mol. The number of piperidine rings is 1. The fourth-order valence-corrected chi connectivity index (χ4v) is 6.96. The number of hydrogen-bond acceptors (Lipinski definition) is 3. The van der Waals surface area contributed by atoms with Gasteiger partial charge in [-0.1, -0.05) is 36.6 Å². The Morgan fingerprint density at radius 1 is 0.968 bits per heavy atom. The highest BCUT2D eigenvalue weighted by Crippen LogP contribution is 2.38. The predicted octanol–water partition coefficient (Wildman–Crippen LogP) is 6.57. The number of amides is 1. The van der Waals surface area contributed by atoms with Crippen LogP contribution in [0.4, 0.5) is 4.39 Å². The van der Waals surface area contributed by atoms with Gasteiger partial charge in [-0.3, -0.25) is 4.79 Å². The summed E-state index contributed by atoms with van der Waals surface area (Å²) in [5, 5.41) is 0.473. The number of benzene rings is 1. The second-order valence-electron chi connectivity index (χ2n) is 9.27. The van der Waals surface area contributed by atoms with E-state index in [1.807, 2.05) is 23.1 Å². The molecule has 5 rings (SSSR count).